The van der Waals surface area contributed by atoms with E-state index in [0.717, 1.165) is 22.8 Å². The fourth-order valence-electron chi connectivity index (χ4n) is 3.25. The molecule has 8 heteroatoms. The van der Waals surface area contributed by atoms with Crippen molar-refractivity contribution in [2.24, 2.45) is 0 Å². The summed E-state index contributed by atoms with van der Waals surface area (Å²) < 4.78 is 0. The van der Waals surface area contributed by atoms with Crippen LogP contribution >= 0.6 is 23.5 Å². The SMILES string of the molecule is O=C(CC1CSCCS1)NCCN(CCc1ccccc1)C(=O)c1cc[nH]c(=O)c1. The van der Waals surface area contributed by atoms with Crippen LogP contribution in [-0.4, -0.2) is 63.8 Å². The first-order chi connectivity index (χ1) is 14.6. The van der Waals surface area contributed by atoms with Gasteiger partial charge in [-0.1, -0.05) is 30.3 Å². The van der Waals surface area contributed by atoms with Gasteiger partial charge in [0.05, 0.1) is 0 Å². The average Bonchev–Trinajstić information content (AvgIpc) is 2.77. The maximum atomic E-state index is 13.0. The molecule has 0 spiro atoms. The molecule has 30 heavy (non-hydrogen) atoms. The van der Waals surface area contributed by atoms with E-state index in [0.29, 0.717) is 43.3 Å². The van der Waals surface area contributed by atoms with Gasteiger partial charge in [-0.3, -0.25) is 14.4 Å². The van der Waals surface area contributed by atoms with Crippen molar-refractivity contribution in [3.05, 3.63) is 70.1 Å². The highest BCUT2D eigenvalue weighted by atomic mass is 32.2. The quantitative estimate of drug-likeness (QED) is 0.620. The third-order valence-electron chi connectivity index (χ3n) is 4.82. The van der Waals surface area contributed by atoms with Gasteiger partial charge in [-0.2, -0.15) is 23.5 Å². The molecule has 3 rings (SSSR count). The molecule has 6 nitrogen and oxygen atoms in total. The Morgan fingerprint density at radius 2 is 1.97 bits per heavy atom. The second-order valence-electron chi connectivity index (χ2n) is 7.09. The molecule has 1 aromatic carbocycles. The van der Waals surface area contributed by atoms with Crippen LogP contribution in [0.3, 0.4) is 0 Å². The summed E-state index contributed by atoms with van der Waals surface area (Å²) in [7, 11) is 0. The van der Waals surface area contributed by atoms with Crippen molar-refractivity contribution >= 4 is 35.3 Å². The maximum Gasteiger partial charge on any atom is 0.254 e. The van der Waals surface area contributed by atoms with Crippen LogP contribution in [-0.2, 0) is 11.2 Å². The second kappa shape index (κ2) is 11.9. The lowest BCUT2D eigenvalue weighted by Gasteiger charge is -2.24. The Morgan fingerprint density at radius 1 is 1.13 bits per heavy atom. The molecule has 0 aliphatic carbocycles. The van der Waals surface area contributed by atoms with Crippen molar-refractivity contribution in [3.8, 4) is 0 Å². The average molecular weight is 446 g/mol. The number of carbonyl (C=O) groups is 2. The first-order valence-corrected chi connectivity index (χ1v) is 12.3. The van der Waals surface area contributed by atoms with E-state index < -0.39 is 0 Å². The molecule has 2 aromatic rings. The molecule has 1 aliphatic heterocycles. The van der Waals surface area contributed by atoms with Crippen molar-refractivity contribution in [1.82, 2.24) is 15.2 Å². The topological polar surface area (TPSA) is 82.3 Å². The summed E-state index contributed by atoms with van der Waals surface area (Å²) in [5.74, 6) is 3.10. The minimum atomic E-state index is -0.306. The summed E-state index contributed by atoms with van der Waals surface area (Å²) in [5, 5.41) is 3.32. The van der Waals surface area contributed by atoms with Gasteiger partial charge < -0.3 is 15.2 Å². The van der Waals surface area contributed by atoms with E-state index in [1.54, 1.807) is 11.0 Å². The molecule has 1 aliphatic rings. The monoisotopic (exact) mass is 445 g/mol. The Morgan fingerprint density at radius 3 is 2.70 bits per heavy atom. The minimum Gasteiger partial charge on any atom is -0.354 e. The highest BCUT2D eigenvalue weighted by Gasteiger charge is 2.19. The molecule has 1 atom stereocenters. The van der Waals surface area contributed by atoms with Crippen molar-refractivity contribution in [2.45, 2.75) is 18.1 Å². The molecule has 1 unspecified atom stereocenters. The molecule has 160 valence electrons. The molecule has 2 heterocycles. The van der Waals surface area contributed by atoms with Gasteiger partial charge in [-0.25, -0.2) is 0 Å². The molecule has 0 bridgehead atoms. The molecule has 2 amide bonds. The van der Waals surface area contributed by atoms with Crippen LogP contribution in [0.25, 0.3) is 0 Å². The van der Waals surface area contributed by atoms with Crippen molar-refractivity contribution in [2.75, 3.05) is 36.9 Å². The zero-order valence-electron chi connectivity index (χ0n) is 16.8. The van der Waals surface area contributed by atoms with Gasteiger partial charge in [0.2, 0.25) is 11.5 Å². The Bertz CT molecular complexity index is 882. The first kappa shape index (κ1) is 22.5. The van der Waals surface area contributed by atoms with Crippen LogP contribution in [0.2, 0.25) is 0 Å². The number of rotatable bonds is 9. The second-order valence-corrected chi connectivity index (χ2v) is 9.65. The summed E-state index contributed by atoms with van der Waals surface area (Å²) in [5.41, 5.74) is 1.19. The van der Waals surface area contributed by atoms with E-state index in [4.69, 9.17) is 0 Å². The number of hydrogen-bond donors (Lipinski definition) is 2. The smallest absolute Gasteiger partial charge is 0.254 e. The number of thioether (sulfide) groups is 2. The fraction of sp³-hybridized carbons (Fsp3) is 0.409. The van der Waals surface area contributed by atoms with Crippen LogP contribution in [0.5, 0.6) is 0 Å². The number of carbonyl (C=O) groups excluding carboxylic acids is 2. The van der Waals surface area contributed by atoms with Gasteiger partial charge in [-0.05, 0) is 18.1 Å². The zero-order valence-corrected chi connectivity index (χ0v) is 18.5. The minimum absolute atomic E-state index is 0.0293. The Hall–Kier alpha value is -2.19. The third kappa shape index (κ3) is 7.25. The lowest BCUT2D eigenvalue weighted by molar-refractivity contribution is -0.121. The number of H-pyrrole nitrogens is 1. The van der Waals surface area contributed by atoms with Gasteiger partial charge in [0.25, 0.3) is 5.91 Å². The third-order valence-corrected chi connectivity index (χ3v) is 7.67. The maximum absolute atomic E-state index is 13.0. The molecular weight excluding hydrogens is 418 g/mol. The van der Waals surface area contributed by atoms with Gasteiger partial charge in [0.15, 0.2) is 0 Å². The van der Waals surface area contributed by atoms with E-state index in [1.807, 2.05) is 53.9 Å². The number of pyridine rings is 1. The van der Waals surface area contributed by atoms with Gasteiger partial charge in [0.1, 0.15) is 0 Å². The van der Waals surface area contributed by atoms with Crippen LogP contribution in [0.15, 0.2) is 53.5 Å². The molecule has 0 radical (unpaired) electrons. The molecular formula is C22H27N3O3S2. The normalized spacial score (nSPS) is 16.1. The number of nitrogens with zero attached hydrogens (tertiary/aromatic N) is 1. The van der Waals surface area contributed by atoms with Crippen molar-refractivity contribution < 1.29 is 9.59 Å². The van der Waals surface area contributed by atoms with Gasteiger partial charge in [0, 0.05) is 66.4 Å². The zero-order chi connectivity index (χ0) is 21.2. The van der Waals surface area contributed by atoms with Gasteiger partial charge >= 0.3 is 0 Å². The predicted molar refractivity (Wildman–Crippen MR) is 124 cm³/mol. The van der Waals surface area contributed by atoms with Gasteiger partial charge in [-0.15, -0.1) is 0 Å². The summed E-state index contributed by atoms with van der Waals surface area (Å²) in [4.78, 5) is 41.1. The van der Waals surface area contributed by atoms with Crippen LogP contribution < -0.4 is 10.9 Å². The molecule has 0 saturated carbocycles. The van der Waals surface area contributed by atoms with E-state index in [1.165, 1.54) is 12.3 Å². The molecule has 2 N–H and O–H groups in total. The van der Waals surface area contributed by atoms with Crippen molar-refractivity contribution in [3.63, 3.8) is 0 Å². The summed E-state index contributed by atoms with van der Waals surface area (Å²) in [6.07, 6.45) is 2.70. The van der Waals surface area contributed by atoms with E-state index >= 15 is 0 Å². The van der Waals surface area contributed by atoms with Crippen molar-refractivity contribution in [1.29, 1.82) is 0 Å². The number of aromatic amines is 1. The van der Waals surface area contributed by atoms with Crippen LogP contribution in [0.1, 0.15) is 22.3 Å². The number of hydrogen-bond acceptors (Lipinski definition) is 5. The summed E-state index contributed by atoms with van der Waals surface area (Å²) >= 11 is 3.76. The van der Waals surface area contributed by atoms with Crippen LogP contribution in [0.4, 0.5) is 0 Å². The van der Waals surface area contributed by atoms with E-state index in [-0.39, 0.29) is 17.4 Å². The Labute approximate surface area is 185 Å². The lowest BCUT2D eigenvalue weighted by Crippen LogP contribution is -2.40. The number of aromatic nitrogens is 1. The Kier molecular flexibility index (Phi) is 8.89. The number of amides is 2. The molecule has 1 fully saturated rings. The highest BCUT2D eigenvalue weighted by Crippen LogP contribution is 2.26. The fourth-order valence-corrected chi connectivity index (χ4v) is 5.93. The van der Waals surface area contributed by atoms with E-state index in [2.05, 4.69) is 10.3 Å². The number of benzene rings is 1. The van der Waals surface area contributed by atoms with E-state index in [9.17, 15) is 14.4 Å². The van der Waals surface area contributed by atoms with Crippen LogP contribution in [0, 0.1) is 0 Å². The standard InChI is InChI=1S/C22H27N3O3S2/c26-20-14-18(6-8-23-20)22(28)25(10-7-17-4-2-1-3-5-17)11-9-24-21(27)15-19-16-29-12-13-30-19/h1-6,8,14,19H,7,9-13,15-16H2,(H,23,26)(H,24,27). The lowest BCUT2D eigenvalue weighted by atomic mass is 10.1. The highest BCUT2D eigenvalue weighted by molar-refractivity contribution is 8.06. The summed E-state index contributed by atoms with van der Waals surface area (Å²) in [6.45, 7) is 1.31. The number of nitrogens with one attached hydrogen (secondary N) is 2. The molecule has 1 aromatic heterocycles. The Balaban J connectivity index is 1.56. The molecule has 1 saturated heterocycles. The largest absolute Gasteiger partial charge is 0.354 e. The summed E-state index contributed by atoms with van der Waals surface area (Å²) in [6, 6.07) is 12.9. The predicted octanol–water partition coefficient (Wildman–Crippen LogP) is 2.41. The first-order valence-electron chi connectivity index (χ1n) is 10.1.